The van der Waals surface area contributed by atoms with Crippen molar-refractivity contribution in [2.24, 2.45) is 0 Å². The summed E-state index contributed by atoms with van der Waals surface area (Å²) < 4.78 is 5.30. The van der Waals surface area contributed by atoms with E-state index in [1.807, 2.05) is 0 Å². The van der Waals surface area contributed by atoms with E-state index in [1.165, 1.54) is 12.8 Å². The summed E-state index contributed by atoms with van der Waals surface area (Å²) >= 11 is 0. The maximum atomic E-state index is 11.4. The van der Waals surface area contributed by atoms with Crippen molar-refractivity contribution in [2.75, 3.05) is 0 Å². The smallest absolute Gasteiger partial charge is 0.407 e. The molecule has 1 fully saturated rings. The predicted octanol–water partition coefficient (Wildman–Crippen LogP) is 2.37. The number of amides is 1. The van der Waals surface area contributed by atoms with E-state index in [9.17, 15) is 4.79 Å². The molecule has 2 aliphatic carbocycles. The standard InChI is InChI=1S/C11H17NO2/c13-11(12-9-5-1-2-6-9)14-10-7-3-4-8-10/h1-2,9-10H,3-8H2,(H,12,13). The van der Waals surface area contributed by atoms with Crippen molar-refractivity contribution >= 4 is 6.09 Å². The molecule has 0 bridgehead atoms. The van der Waals surface area contributed by atoms with Gasteiger partial charge in [0.2, 0.25) is 0 Å². The highest BCUT2D eigenvalue weighted by Crippen LogP contribution is 2.21. The lowest BCUT2D eigenvalue weighted by Crippen LogP contribution is -2.35. The number of nitrogens with one attached hydrogen (secondary N) is 1. The average Bonchev–Trinajstić information content (AvgIpc) is 2.76. The second-order valence-corrected chi connectivity index (χ2v) is 4.10. The molecule has 0 aromatic heterocycles. The molecule has 1 N–H and O–H groups in total. The summed E-state index contributed by atoms with van der Waals surface area (Å²) in [6.45, 7) is 0. The number of ether oxygens (including phenoxy) is 1. The molecule has 2 aliphatic rings. The van der Waals surface area contributed by atoms with Gasteiger partial charge in [-0.25, -0.2) is 4.79 Å². The Bertz CT molecular complexity index is 217. The summed E-state index contributed by atoms with van der Waals surface area (Å²) in [5, 5.41) is 2.88. The second-order valence-electron chi connectivity index (χ2n) is 4.10. The summed E-state index contributed by atoms with van der Waals surface area (Å²) in [6.07, 6.45) is 10.5. The van der Waals surface area contributed by atoms with Crippen molar-refractivity contribution in [3.63, 3.8) is 0 Å². The van der Waals surface area contributed by atoms with Crippen LogP contribution in [0.1, 0.15) is 38.5 Å². The van der Waals surface area contributed by atoms with Crippen LogP contribution in [0.15, 0.2) is 12.2 Å². The van der Waals surface area contributed by atoms with Crippen LogP contribution in [-0.4, -0.2) is 18.2 Å². The highest BCUT2D eigenvalue weighted by molar-refractivity contribution is 5.68. The summed E-state index contributed by atoms with van der Waals surface area (Å²) in [5.41, 5.74) is 0. The van der Waals surface area contributed by atoms with Crippen molar-refractivity contribution in [1.82, 2.24) is 5.32 Å². The Labute approximate surface area is 84.5 Å². The Morgan fingerprint density at radius 2 is 1.86 bits per heavy atom. The van der Waals surface area contributed by atoms with Crippen LogP contribution < -0.4 is 5.32 Å². The van der Waals surface area contributed by atoms with E-state index in [0.717, 1.165) is 25.7 Å². The van der Waals surface area contributed by atoms with Crippen LogP contribution >= 0.6 is 0 Å². The lowest BCUT2D eigenvalue weighted by molar-refractivity contribution is 0.0982. The molecule has 0 aliphatic heterocycles. The number of alkyl carbamates (subject to hydrolysis) is 1. The molecular formula is C11H17NO2. The molecule has 3 heteroatoms. The Kier molecular flexibility index (Phi) is 3.07. The minimum absolute atomic E-state index is 0.171. The molecule has 1 amide bonds. The molecule has 0 radical (unpaired) electrons. The first-order chi connectivity index (χ1) is 6.84. The molecular weight excluding hydrogens is 178 g/mol. The van der Waals surface area contributed by atoms with Crippen LogP contribution in [0, 0.1) is 0 Å². The van der Waals surface area contributed by atoms with Gasteiger partial charge in [0.15, 0.2) is 0 Å². The predicted molar refractivity (Wildman–Crippen MR) is 54.0 cm³/mol. The van der Waals surface area contributed by atoms with Gasteiger partial charge >= 0.3 is 6.09 Å². The fourth-order valence-corrected chi connectivity index (χ4v) is 2.09. The molecule has 14 heavy (non-hydrogen) atoms. The van der Waals surface area contributed by atoms with Gasteiger partial charge in [-0.2, -0.15) is 0 Å². The quantitative estimate of drug-likeness (QED) is 0.687. The minimum atomic E-state index is -0.231. The van der Waals surface area contributed by atoms with Crippen molar-refractivity contribution in [2.45, 2.75) is 50.7 Å². The van der Waals surface area contributed by atoms with Crippen molar-refractivity contribution in [1.29, 1.82) is 0 Å². The summed E-state index contributed by atoms with van der Waals surface area (Å²) in [7, 11) is 0. The number of hydrogen-bond donors (Lipinski definition) is 1. The number of carbonyl (C=O) groups is 1. The lowest BCUT2D eigenvalue weighted by atomic mass is 10.2. The third-order valence-electron chi connectivity index (χ3n) is 2.91. The molecule has 1 saturated carbocycles. The lowest BCUT2D eigenvalue weighted by Gasteiger charge is -2.15. The van der Waals surface area contributed by atoms with E-state index in [-0.39, 0.29) is 18.2 Å². The summed E-state index contributed by atoms with van der Waals surface area (Å²) in [4.78, 5) is 11.4. The van der Waals surface area contributed by atoms with E-state index < -0.39 is 0 Å². The molecule has 0 aromatic carbocycles. The molecule has 0 saturated heterocycles. The minimum Gasteiger partial charge on any atom is -0.446 e. The first-order valence-corrected chi connectivity index (χ1v) is 5.47. The average molecular weight is 195 g/mol. The van der Waals surface area contributed by atoms with E-state index in [4.69, 9.17) is 4.74 Å². The third-order valence-corrected chi connectivity index (χ3v) is 2.91. The van der Waals surface area contributed by atoms with Crippen molar-refractivity contribution < 1.29 is 9.53 Å². The number of rotatable bonds is 2. The molecule has 0 unspecified atom stereocenters. The Balaban J connectivity index is 1.67. The van der Waals surface area contributed by atoms with Crippen molar-refractivity contribution in [3.05, 3.63) is 12.2 Å². The SMILES string of the molecule is O=C(NC1CC=CC1)OC1CCCC1. The van der Waals surface area contributed by atoms with Crippen LogP contribution in [0.25, 0.3) is 0 Å². The second kappa shape index (κ2) is 4.49. The Morgan fingerprint density at radius 3 is 2.50 bits per heavy atom. The highest BCUT2D eigenvalue weighted by Gasteiger charge is 2.21. The first kappa shape index (κ1) is 9.56. The third kappa shape index (κ3) is 2.50. The zero-order valence-electron chi connectivity index (χ0n) is 8.37. The molecule has 0 aromatic rings. The molecule has 0 atom stereocenters. The maximum Gasteiger partial charge on any atom is 0.407 e. The monoisotopic (exact) mass is 195 g/mol. The van der Waals surface area contributed by atoms with Gasteiger partial charge < -0.3 is 10.1 Å². The van der Waals surface area contributed by atoms with Gasteiger partial charge in [-0.1, -0.05) is 12.2 Å². The van der Waals surface area contributed by atoms with Crippen LogP contribution in [0.5, 0.6) is 0 Å². The van der Waals surface area contributed by atoms with Crippen LogP contribution in [0.2, 0.25) is 0 Å². The van der Waals surface area contributed by atoms with Crippen LogP contribution in [-0.2, 0) is 4.74 Å². The Morgan fingerprint density at radius 1 is 1.21 bits per heavy atom. The summed E-state index contributed by atoms with van der Waals surface area (Å²) in [6, 6.07) is 0.268. The van der Waals surface area contributed by atoms with Gasteiger partial charge in [0, 0.05) is 6.04 Å². The van der Waals surface area contributed by atoms with Gasteiger partial charge in [0.1, 0.15) is 6.10 Å². The molecule has 0 spiro atoms. The van der Waals surface area contributed by atoms with Crippen LogP contribution in [0.3, 0.4) is 0 Å². The maximum absolute atomic E-state index is 11.4. The van der Waals surface area contributed by atoms with Gasteiger partial charge in [-0.3, -0.25) is 0 Å². The zero-order valence-corrected chi connectivity index (χ0v) is 8.37. The molecule has 0 heterocycles. The fraction of sp³-hybridized carbons (Fsp3) is 0.727. The van der Waals surface area contributed by atoms with Gasteiger partial charge in [0.25, 0.3) is 0 Å². The van der Waals surface area contributed by atoms with Crippen molar-refractivity contribution in [3.8, 4) is 0 Å². The number of carbonyl (C=O) groups excluding carboxylic acids is 1. The Hall–Kier alpha value is -0.990. The van der Waals surface area contributed by atoms with Crippen LogP contribution in [0.4, 0.5) is 4.79 Å². The first-order valence-electron chi connectivity index (χ1n) is 5.47. The summed E-state index contributed by atoms with van der Waals surface area (Å²) in [5.74, 6) is 0. The van der Waals surface area contributed by atoms with E-state index in [1.54, 1.807) is 0 Å². The van der Waals surface area contributed by atoms with E-state index in [2.05, 4.69) is 17.5 Å². The number of hydrogen-bond acceptors (Lipinski definition) is 2. The molecule has 2 rings (SSSR count). The van der Waals surface area contributed by atoms with E-state index in [0.29, 0.717) is 0 Å². The van der Waals surface area contributed by atoms with Gasteiger partial charge in [-0.15, -0.1) is 0 Å². The topological polar surface area (TPSA) is 38.3 Å². The van der Waals surface area contributed by atoms with E-state index >= 15 is 0 Å². The zero-order chi connectivity index (χ0) is 9.80. The largest absolute Gasteiger partial charge is 0.446 e. The van der Waals surface area contributed by atoms with Gasteiger partial charge in [0.05, 0.1) is 0 Å². The highest BCUT2D eigenvalue weighted by atomic mass is 16.6. The normalized spacial score (nSPS) is 22.9. The van der Waals surface area contributed by atoms with Gasteiger partial charge in [-0.05, 0) is 38.5 Å². The molecule has 3 nitrogen and oxygen atoms in total. The fourth-order valence-electron chi connectivity index (χ4n) is 2.09. The molecule has 78 valence electrons.